The van der Waals surface area contributed by atoms with Gasteiger partial charge in [0.05, 0.1) is 12.8 Å². The average Bonchev–Trinajstić information content (AvgIpc) is 2.58. The van der Waals surface area contributed by atoms with Crippen LogP contribution in [0.2, 0.25) is 0 Å². The molecular formula is C17H30N4O3S. The van der Waals surface area contributed by atoms with Crippen molar-refractivity contribution in [1.29, 1.82) is 0 Å². The minimum atomic E-state index is -3.38. The highest BCUT2D eigenvalue weighted by Crippen LogP contribution is 2.28. The molecule has 1 saturated heterocycles. The third kappa shape index (κ3) is 6.47. The quantitative estimate of drug-likeness (QED) is 0.636. The molecule has 0 aliphatic carbocycles. The van der Waals surface area contributed by atoms with Crippen LogP contribution in [0.15, 0.2) is 24.3 Å². The molecule has 0 unspecified atom stereocenters. The number of hydrogen-bond acceptors (Lipinski definition) is 5. The van der Waals surface area contributed by atoms with Gasteiger partial charge in [-0.25, -0.2) is 4.72 Å². The maximum absolute atomic E-state index is 11.7. The standard InChI is InChI=1S/C17H30N4O3S/c1-15(2)19-25(22,23)18-9-6-10-20-11-13-21(14-12-20)16-7-4-5-8-17(16)24-3/h4-5,7-8,15,18-19H,6,9-14H2,1-3H3. The summed E-state index contributed by atoms with van der Waals surface area (Å²) in [7, 11) is -1.68. The molecule has 2 rings (SSSR count). The van der Waals surface area contributed by atoms with Crippen LogP contribution in [-0.4, -0.2) is 65.7 Å². The van der Waals surface area contributed by atoms with Gasteiger partial charge < -0.3 is 9.64 Å². The Morgan fingerprint density at radius 2 is 1.84 bits per heavy atom. The van der Waals surface area contributed by atoms with Gasteiger partial charge in [0.1, 0.15) is 5.75 Å². The number of para-hydroxylation sites is 2. The normalized spacial score (nSPS) is 16.4. The molecule has 142 valence electrons. The molecule has 0 atom stereocenters. The lowest BCUT2D eigenvalue weighted by molar-refractivity contribution is 0.254. The van der Waals surface area contributed by atoms with Gasteiger partial charge >= 0.3 is 0 Å². The largest absolute Gasteiger partial charge is 0.495 e. The summed E-state index contributed by atoms with van der Waals surface area (Å²) in [4.78, 5) is 4.71. The fraction of sp³-hybridized carbons (Fsp3) is 0.647. The van der Waals surface area contributed by atoms with Gasteiger partial charge in [0.15, 0.2) is 0 Å². The monoisotopic (exact) mass is 370 g/mol. The molecule has 1 aliphatic rings. The average molecular weight is 371 g/mol. The second-order valence-corrected chi connectivity index (χ2v) is 8.06. The Hall–Kier alpha value is -1.35. The number of methoxy groups -OCH3 is 1. The van der Waals surface area contributed by atoms with E-state index in [4.69, 9.17) is 4.74 Å². The number of piperazine rings is 1. The van der Waals surface area contributed by atoms with Gasteiger partial charge in [0.25, 0.3) is 10.2 Å². The van der Waals surface area contributed by atoms with E-state index in [0.29, 0.717) is 6.54 Å². The summed E-state index contributed by atoms with van der Waals surface area (Å²) in [6.45, 7) is 8.78. The van der Waals surface area contributed by atoms with Gasteiger partial charge in [0, 0.05) is 38.8 Å². The third-order valence-corrected chi connectivity index (χ3v) is 5.50. The van der Waals surface area contributed by atoms with Crippen LogP contribution in [0, 0.1) is 0 Å². The van der Waals surface area contributed by atoms with Crippen molar-refractivity contribution in [3.05, 3.63) is 24.3 Å². The van der Waals surface area contributed by atoms with Crippen molar-refractivity contribution in [2.75, 3.05) is 51.3 Å². The minimum absolute atomic E-state index is 0.0967. The number of anilines is 1. The summed E-state index contributed by atoms with van der Waals surface area (Å²) < 4.78 is 33.9. The first-order valence-electron chi connectivity index (χ1n) is 8.78. The minimum Gasteiger partial charge on any atom is -0.495 e. The molecule has 1 aromatic carbocycles. The van der Waals surface area contributed by atoms with Crippen LogP contribution in [0.1, 0.15) is 20.3 Å². The second kappa shape index (κ2) is 9.38. The van der Waals surface area contributed by atoms with Crippen LogP contribution in [0.5, 0.6) is 5.75 Å². The highest BCUT2D eigenvalue weighted by molar-refractivity contribution is 7.87. The first kappa shape index (κ1) is 20.0. The fourth-order valence-corrected chi connectivity index (χ4v) is 4.08. The van der Waals surface area contributed by atoms with E-state index in [2.05, 4.69) is 25.3 Å². The van der Waals surface area contributed by atoms with Crippen molar-refractivity contribution in [3.8, 4) is 5.75 Å². The van der Waals surface area contributed by atoms with Crippen molar-refractivity contribution >= 4 is 15.9 Å². The van der Waals surface area contributed by atoms with Gasteiger partial charge in [-0.1, -0.05) is 12.1 Å². The van der Waals surface area contributed by atoms with Crippen molar-refractivity contribution in [2.24, 2.45) is 0 Å². The Labute approximate surface area is 151 Å². The zero-order chi connectivity index (χ0) is 18.3. The van der Waals surface area contributed by atoms with Crippen molar-refractivity contribution in [2.45, 2.75) is 26.3 Å². The molecule has 1 fully saturated rings. The Morgan fingerprint density at radius 3 is 2.48 bits per heavy atom. The van der Waals surface area contributed by atoms with Gasteiger partial charge in [-0.05, 0) is 38.9 Å². The number of nitrogens with zero attached hydrogens (tertiary/aromatic N) is 2. The van der Waals surface area contributed by atoms with Gasteiger partial charge in [-0.2, -0.15) is 13.1 Å². The lowest BCUT2D eigenvalue weighted by Gasteiger charge is -2.36. The predicted molar refractivity (Wildman–Crippen MR) is 101 cm³/mol. The zero-order valence-electron chi connectivity index (χ0n) is 15.4. The van der Waals surface area contributed by atoms with Gasteiger partial charge in [-0.3, -0.25) is 4.90 Å². The summed E-state index contributed by atoms with van der Waals surface area (Å²) in [5.74, 6) is 0.906. The Kier molecular flexibility index (Phi) is 7.49. The summed E-state index contributed by atoms with van der Waals surface area (Å²) in [5, 5.41) is 0. The highest BCUT2D eigenvalue weighted by Gasteiger charge is 2.19. The SMILES string of the molecule is COc1ccccc1N1CCN(CCCNS(=O)(=O)NC(C)C)CC1. The van der Waals surface area contributed by atoms with Gasteiger partial charge in [-0.15, -0.1) is 0 Å². The predicted octanol–water partition coefficient (Wildman–Crippen LogP) is 1.04. The first-order chi connectivity index (χ1) is 11.9. The summed E-state index contributed by atoms with van der Waals surface area (Å²) in [6.07, 6.45) is 0.799. The zero-order valence-corrected chi connectivity index (χ0v) is 16.2. The van der Waals surface area contributed by atoms with E-state index in [-0.39, 0.29) is 6.04 Å². The van der Waals surface area contributed by atoms with E-state index in [1.165, 1.54) is 0 Å². The molecule has 0 radical (unpaired) electrons. The molecule has 7 nitrogen and oxygen atoms in total. The van der Waals surface area contributed by atoms with Crippen molar-refractivity contribution in [1.82, 2.24) is 14.3 Å². The van der Waals surface area contributed by atoms with Crippen molar-refractivity contribution in [3.63, 3.8) is 0 Å². The van der Waals surface area contributed by atoms with E-state index >= 15 is 0 Å². The van der Waals surface area contributed by atoms with Crippen LogP contribution < -0.4 is 19.1 Å². The number of ether oxygens (including phenoxy) is 1. The molecule has 0 spiro atoms. The second-order valence-electron chi connectivity index (χ2n) is 6.52. The first-order valence-corrected chi connectivity index (χ1v) is 10.3. The van der Waals surface area contributed by atoms with Gasteiger partial charge in [0.2, 0.25) is 0 Å². The maximum atomic E-state index is 11.7. The molecule has 0 bridgehead atoms. The number of rotatable bonds is 9. The van der Waals surface area contributed by atoms with Crippen LogP contribution in [-0.2, 0) is 10.2 Å². The summed E-state index contributed by atoms with van der Waals surface area (Å²) >= 11 is 0. The fourth-order valence-electron chi connectivity index (χ4n) is 2.96. The van der Waals surface area contributed by atoms with Crippen molar-refractivity contribution < 1.29 is 13.2 Å². The molecule has 1 heterocycles. The maximum Gasteiger partial charge on any atom is 0.277 e. The number of benzene rings is 1. The van der Waals surface area contributed by atoms with Crippen LogP contribution in [0.25, 0.3) is 0 Å². The molecule has 1 aliphatic heterocycles. The van der Waals surface area contributed by atoms with E-state index < -0.39 is 10.2 Å². The molecule has 25 heavy (non-hydrogen) atoms. The molecule has 0 aromatic heterocycles. The molecule has 0 saturated carbocycles. The highest BCUT2D eigenvalue weighted by atomic mass is 32.2. The topological polar surface area (TPSA) is 73.9 Å². The number of nitrogens with one attached hydrogen (secondary N) is 2. The van der Waals surface area contributed by atoms with E-state index in [0.717, 1.165) is 50.6 Å². The smallest absolute Gasteiger partial charge is 0.277 e. The van der Waals surface area contributed by atoms with E-state index in [1.807, 2.05) is 18.2 Å². The Morgan fingerprint density at radius 1 is 1.16 bits per heavy atom. The number of hydrogen-bond donors (Lipinski definition) is 2. The van der Waals surface area contributed by atoms with Crippen LogP contribution >= 0.6 is 0 Å². The Balaban J connectivity index is 1.71. The molecule has 8 heteroatoms. The summed E-state index contributed by atoms with van der Waals surface area (Å²) in [6, 6.07) is 7.99. The lowest BCUT2D eigenvalue weighted by Crippen LogP contribution is -2.47. The molecule has 2 N–H and O–H groups in total. The Bertz CT molecular complexity index is 629. The molecular weight excluding hydrogens is 340 g/mol. The summed E-state index contributed by atoms with van der Waals surface area (Å²) in [5.41, 5.74) is 1.14. The molecule has 1 aromatic rings. The third-order valence-electron chi connectivity index (χ3n) is 4.13. The van der Waals surface area contributed by atoms with E-state index in [9.17, 15) is 8.42 Å². The van der Waals surface area contributed by atoms with E-state index in [1.54, 1.807) is 21.0 Å². The molecule has 0 amide bonds. The lowest BCUT2D eigenvalue weighted by atomic mass is 10.2. The van der Waals surface area contributed by atoms with Crippen LogP contribution in [0.3, 0.4) is 0 Å². The van der Waals surface area contributed by atoms with Crippen LogP contribution in [0.4, 0.5) is 5.69 Å².